The lowest BCUT2D eigenvalue weighted by molar-refractivity contribution is -0.152. The van der Waals surface area contributed by atoms with Gasteiger partial charge in [0, 0.05) is 45.3 Å². The van der Waals surface area contributed by atoms with E-state index in [9.17, 15) is 27.9 Å². The Morgan fingerprint density at radius 2 is 1.59 bits per heavy atom. The van der Waals surface area contributed by atoms with Crippen molar-refractivity contribution in [1.82, 2.24) is 4.90 Å². The van der Waals surface area contributed by atoms with Crippen LogP contribution >= 0.6 is 11.6 Å². The van der Waals surface area contributed by atoms with Crippen LogP contribution in [0.3, 0.4) is 0 Å². The first-order valence-electron chi connectivity index (χ1n) is 12.4. The maximum atomic E-state index is 13.6. The number of nitrogens with zero attached hydrogens (tertiary/aromatic N) is 2. The minimum atomic E-state index is -4.43. The van der Waals surface area contributed by atoms with Gasteiger partial charge in [-0.15, -0.1) is 0 Å². The Kier molecular flexibility index (Phi) is 11.9. The quantitative estimate of drug-likeness (QED) is 0.412. The van der Waals surface area contributed by atoms with E-state index in [4.69, 9.17) is 21.8 Å². The summed E-state index contributed by atoms with van der Waals surface area (Å²) in [5, 5.41) is 27.1. The molecule has 2 fully saturated rings. The van der Waals surface area contributed by atoms with E-state index in [-0.39, 0.29) is 11.8 Å². The van der Waals surface area contributed by atoms with Gasteiger partial charge in [-0.1, -0.05) is 29.8 Å². The van der Waals surface area contributed by atoms with Crippen LogP contribution < -0.4 is 10.2 Å². The van der Waals surface area contributed by atoms with Crippen molar-refractivity contribution in [3.63, 3.8) is 0 Å². The molecule has 0 spiro atoms. The van der Waals surface area contributed by atoms with Gasteiger partial charge < -0.3 is 30.4 Å². The van der Waals surface area contributed by atoms with Gasteiger partial charge in [-0.2, -0.15) is 13.2 Å². The van der Waals surface area contributed by atoms with E-state index >= 15 is 0 Å². The summed E-state index contributed by atoms with van der Waals surface area (Å²) in [5.41, 5.74) is 1.03. The van der Waals surface area contributed by atoms with Gasteiger partial charge in [-0.25, -0.2) is 4.79 Å². The van der Waals surface area contributed by atoms with E-state index in [1.807, 2.05) is 17.0 Å². The fraction of sp³-hybridized carbons (Fsp3) is 0.481. The molecule has 2 aliphatic heterocycles. The Balaban J connectivity index is 0.00000127. The van der Waals surface area contributed by atoms with E-state index in [0.717, 1.165) is 31.9 Å². The van der Waals surface area contributed by atoms with E-state index in [0.29, 0.717) is 55.2 Å². The molecule has 0 radical (unpaired) electrons. The predicted octanol–water partition coefficient (Wildman–Crippen LogP) is 4.65. The lowest BCUT2D eigenvalue weighted by atomic mass is 9.93. The van der Waals surface area contributed by atoms with Crippen LogP contribution in [-0.2, 0) is 15.8 Å². The number of halogens is 4. The smallest absolute Gasteiger partial charge is 0.416 e. The molecule has 4 rings (SSSR count). The molecule has 2 aromatic rings. The standard InChI is InChI=1S/C25H27ClF3N3O3.2CH4O/c1-30-19-14-16(25(27,28)29)6-7-21(19)31-12-10-15(11-13-31)23(33)32-20(8-9-22(32)24(34)35)17-4-2-3-5-18(17)26;2*1-2/h2-7,14-15,20,22,30H,8-13H2,1H3,(H,34,35);2*2H,1H3. The fourth-order valence-electron chi connectivity index (χ4n) is 5.18. The van der Waals surface area contributed by atoms with Gasteiger partial charge in [-0.05, 0) is 55.5 Å². The number of anilines is 2. The van der Waals surface area contributed by atoms with Crippen LogP contribution in [0.1, 0.15) is 42.9 Å². The van der Waals surface area contributed by atoms with Crippen LogP contribution in [0.25, 0.3) is 0 Å². The molecule has 2 heterocycles. The molecule has 1 amide bonds. The third kappa shape index (κ3) is 7.34. The lowest BCUT2D eigenvalue weighted by Crippen LogP contribution is -2.47. The number of hydrogen-bond acceptors (Lipinski definition) is 6. The van der Waals surface area contributed by atoms with Crippen molar-refractivity contribution < 1.29 is 38.1 Å². The van der Waals surface area contributed by atoms with Crippen molar-refractivity contribution in [2.24, 2.45) is 5.92 Å². The number of carbonyl (C=O) groups excluding carboxylic acids is 1. The number of hydrogen-bond donors (Lipinski definition) is 4. The number of carboxylic acid groups (broad SMARTS) is 1. The Bertz CT molecular complexity index is 1110. The number of carboxylic acids is 1. The number of alkyl halides is 3. The maximum absolute atomic E-state index is 13.6. The highest BCUT2D eigenvalue weighted by Gasteiger charge is 2.44. The fourth-order valence-corrected chi connectivity index (χ4v) is 5.44. The molecular formula is C27H35ClF3N3O5. The molecule has 216 valence electrons. The van der Waals surface area contributed by atoms with E-state index < -0.39 is 29.8 Å². The van der Waals surface area contributed by atoms with Crippen molar-refractivity contribution in [2.45, 2.75) is 43.9 Å². The Hall–Kier alpha value is -3.02. The first-order chi connectivity index (χ1) is 18.6. The van der Waals surface area contributed by atoms with Crippen LogP contribution in [0.4, 0.5) is 24.5 Å². The molecule has 2 aliphatic rings. The number of aliphatic hydroxyl groups excluding tert-OH is 2. The van der Waals surface area contributed by atoms with Crippen molar-refractivity contribution in [1.29, 1.82) is 0 Å². The topological polar surface area (TPSA) is 113 Å². The van der Waals surface area contributed by atoms with Gasteiger partial charge in [0.1, 0.15) is 6.04 Å². The third-order valence-corrected chi connectivity index (χ3v) is 7.31. The van der Waals surface area contributed by atoms with Crippen molar-refractivity contribution in [3.05, 3.63) is 58.6 Å². The van der Waals surface area contributed by atoms with Gasteiger partial charge in [0.05, 0.1) is 23.0 Å². The van der Waals surface area contributed by atoms with Crippen molar-refractivity contribution in [3.8, 4) is 0 Å². The average Bonchev–Trinajstić information content (AvgIpc) is 3.40. The number of likely N-dealkylation sites (tertiary alicyclic amines) is 1. The molecule has 2 saturated heterocycles. The largest absolute Gasteiger partial charge is 0.480 e. The van der Waals surface area contributed by atoms with Crippen LogP contribution in [0.5, 0.6) is 0 Å². The maximum Gasteiger partial charge on any atom is 0.416 e. The summed E-state index contributed by atoms with van der Waals surface area (Å²) in [6.07, 6.45) is -2.62. The van der Waals surface area contributed by atoms with E-state index in [1.165, 1.54) is 11.0 Å². The highest BCUT2D eigenvalue weighted by molar-refractivity contribution is 6.31. The zero-order chi connectivity index (χ0) is 29.3. The monoisotopic (exact) mass is 573 g/mol. The zero-order valence-electron chi connectivity index (χ0n) is 22.1. The summed E-state index contributed by atoms with van der Waals surface area (Å²) in [7, 11) is 3.57. The molecule has 0 aromatic heterocycles. The summed E-state index contributed by atoms with van der Waals surface area (Å²) >= 11 is 6.37. The number of aliphatic hydroxyl groups is 2. The summed E-state index contributed by atoms with van der Waals surface area (Å²) < 4.78 is 39.3. The van der Waals surface area contributed by atoms with E-state index in [1.54, 1.807) is 19.2 Å². The van der Waals surface area contributed by atoms with Crippen molar-refractivity contribution >= 4 is 34.9 Å². The zero-order valence-corrected chi connectivity index (χ0v) is 22.8. The Morgan fingerprint density at radius 1 is 0.974 bits per heavy atom. The third-order valence-electron chi connectivity index (χ3n) is 6.97. The second-order valence-corrected chi connectivity index (χ2v) is 9.36. The van der Waals surface area contributed by atoms with E-state index in [2.05, 4.69) is 5.32 Å². The molecule has 39 heavy (non-hydrogen) atoms. The molecule has 0 aliphatic carbocycles. The number of carbonyl (C=O) groups is 2. The molecule has 0 bridgehead atoms. The second kappa shape index (κ2) is 14.4. The molecule has 8 nitrogen and oxygen atoms in total. The molecule has 2 atom stereocenters. The molecular weight excluding hydrogens is 539 g/mol. The second-order valence-electron chi connectivity index (χ2n) is 8.96. The van der Waals surface area contributed by atoms with Crippen LogP contribution in [0.2, 0.25) is 5.02 Å². The first-order valence-corrected chi connectivity index (χ1v) is 12.8. The highest BCUT2D eigenvalue weighted by atomic mass is 35.5. The van der Waals surface area contributed by atoms with Crippen LogP contribution in [0, 0.1) is 5.92 Å². The number of amides is 1. The van der Waals surface area contributed by atoms with Gasteiger partial charge >= 0.3 is 12.1 Å². The summed E-state index contributed by atoms with van der Waals surface area (Å²) in [4.78, 5) is 29.0. The molecule has 2 unspecified atom stereocenters. The molecule has 4 N–H and O–H groups in total. The number of piperidine rings is 1. The minimum Gasteiger partial charge on any atom is -0.480 e. The number of rotatable bonds is 5. The van der Waals surface area contributed by atoms with Gasteiger partial charge in [-0.3, -0.25) is 4.79 Å². The van der Waals surface area contributed by atoms with Crippen LogP contribution in [-0.4, -0.2) is 72.5 Å². The normalized spacial score (nSPS) is 19.4. The summed E-state index contributed by atoms with van der Waals surface area (Å²) in [6, 6.07) is 9.45. The summed E-state index contributed by atoms with van der Waals surface area (Å²) in [6.45, 7) is 0.942. The van der Waals surface area contributed by atoms with Gasteiger partial charge in [0.25, 0.3) is 0 Å². The molecule has 12 heteroatoms. The molecule has 0 saturated carbocycles. The minimum absolute atomic E-state index is 0.208. The Labute approximate surface area is 231 Å². The Morgan fingerprint density at radius 3 is 2.13 bits per heavy atom. The van der Waals surface area contributed by atoms with Crippen molar-refractivity contribution in [2.75, 3.05) is 44.6 Å². The predicted molar refractivity (Wildman–Crippen MR) is 144 cm³/mol. The van der Waals surface area contributed by atoms with Gasteiger partial charge in [0.2, 0.25) is 5.91 Å². The number of aliphatic carboxylic acids is 1. The average molecular weight is 574 g/mol. The molecule has 2 aromatic carbocycles. The number of nitrogens with one attached hydrogen (secondary N) is 1. The summed E-state index contributed by atoms with van der Waals surface area (Å²) in [5.74, 6) is -1.61. The number of benzene rings is 2. The van der Waals surface area contributed by atoms with Crippen LogP contribution in [0.15, 0.2) is 42.5 Å². The first kappa shape index (κ1) is 32.2. The SMILES string of the molecule is CNc1cc(C(F)(F)F)ccc1N1CCC(C(=O)N2C(C(=O)O)CCC2c2ccccc2Cl)CC1.CO.CO. The van der Waals surface area contributed by atoms with Gasteiger partial charge in [0.15, 0.2) is 0 Å². The highest BCUT2D eigenvalue weighted by Crippen LogP contribution is 2.42. The lowest BCUT2D eigenvalue weighted by Gasteiger charge is -2.38.